The van der Waals surface area contributed by atoms with Crippen molar-refractivity contribution in [2.45, 2.75) is 92.1 Å². The summed E-state index contributed by atoms with van der Waals surface area (Å²) in [6.07, 6.45) is -2.97. The lowest BCUT2D eigenvalue weighted by atomic mass is 9.49. The zero-order valence-electron chi connectivity index (χ0n) is 25.4. The van der Waals surface area contributed by atoms with E-state index in [4.69, 9.17) is 18.9 Å². The van der Waals surface area contributed by atoms with Crippen LogP contribution in [-0.4, -0.2) is 54.1 Å². The first-order valence-electron chi connectivity index (χ1n) is 14.3. The number of carbonyl (C=O) groups is 5. The second-order valence-corrected chi connectivity index (χ2v) is 12.5. The normalized spacial score (nSPS) is 32.1. The Kier molecular flexibility index (Phi) is 8.54. The summed E-state index contributed by atoms with van der Waals surface area (Å²) >= 11 is 0. The van der Waals surface area contributed by atoms with Crippen LogP contribution in [0.2, 0.25) is 0 Å². The number of Topliss-reactive ketones (excluding diaryl/α,β-unsaturated/α-hetero) is 1. The van der Waals surface area contributed by atoms with E-state index < -0.39 is 71.0 Å². The van der Waals surface area contributed by atoms with Gasteiger partial charge in [-0.15, -0.1) is 0 Å². The van der Waals surface area contributed by atoms with Gasteiger partial charge in [0.25, 0.3) is 0 Å². The van der Waals surface area contributed by atoms with E-state index >= 15 is 0 Å². The standard InChI is InChI=1S/C33H40O9/c1-17-24(37)16-23-28(39-19(3)34)27-18(2)25(42-31(38)22-12-10-9-11-13-22)14-15-33(27,8)30(41-21(5)36)29(40-20(4)35)26(17)32(23,6)7/h9-13,23,25,27-30H,2,14-16H2,1,3-8H3/t23-,25-,27-,28+,29+,30-,33+/m0/s1. The molecule has 0 N–H and O–H groups in total. The predicted molar refractivity (Wildman–Crippen MR) is 152 cm³/mol. The van der Waals surface area contributed by atoms with Crippen molar-refractivity contribution in [2.75, 3.05) is 0 Å². The van der Waals surface area contributed by atoms with Crippen LogP contribution in [0.5, 0.6) is 0 Å². The van der Waals surface area contributed by atoms with E-state index in [0.717, 1.165) is 0 Å². The second-order valence-electron chi connectivity index (χ2n) is 12.5. The number of hydrogen-bond acceptors (Lipinski definition) is 9. The van der Waals surface area contributed by atoms with E-state index in [9.17, 15) is 24.0 Å². The summed E-state index contributed by atoms with van der Waals surface area (Å²) in [6, 6.07) is 8.59. The molecule has 2 saturated carbocycles. The van der Waals surface area contributed by atoms with E-state index in [0.29, 0.717) is 35.1 Å². The van der Waals surface area contributed by atoms with Crippen molar-refractivity contribution in [1.29, 1.82) is 0 Å². The molecule has 9 heteroatoms. The molecule has 0 heterocycles. The molecule has 2 bridgehead atoms. The van der Waals surface area contributed by atoms with Gasteiger partial charge < -0.3 is 18.9 Å². The third-order valence-corrected chi connectivity index (χ3v) is 9.40. The van der Waals surface area contributed by atoms with Crippen LogP contribution in [0.4, 0.5) is 0 Å². The van der Waals surface area contributed by atoms with E-state index in [-0.39, 0.29) is 12.2 Å². The van der Waals surface area contributed by atoms with Crippen molar-refractivity contribution in [3.63, 3.8) is 0 Å². The van der Waals surface area contributed by atoms with Crippen molar-refractivity contribution in [2.24, 2.45) is 22.7 Å². The molecule has 0 saturated heterocycles. The number of carbonyl (C=O) groups excluding carboxylic acids is 5. The topological polar surface area (TPSA) is 122 Å². The molecule has 42 heavy (non-hydrogen) atoms. The van der Waals surface area contributed by atoms with Gasteiger partial charge in [-0.2, -0.15) is 0 Å². The average molecular weight is 581 g/mol. The zero-order chi connectivity index (χ0) is 31.1. The van der Waals surface area contributed by atoms with Gasteiger partial charge in [0, 0.05) is 44.4 Å². The lowest BCUT2D eigenvalue weighted by Gasteiger charge is -2.59. The Morgan fingerprint density at radius 3 is 2.05 bits per heavy atom. The molecule has 0 aliphatic heterocycles. The van der Waals surface area contributed by atoms with Crippen LogP contribution in [0.1, 0.15) is 78.1 Å². The van der Waals surface area contributed by atoms with E-state index in [2.05, 4.69) is 6.58 Å². The van der Waals surface area contributed by atoms with Crippen LogP contribution < -0.4 is 0 Å². The maximum atomic E-state index is 13.5. The highest BCUT2D eigenvalue weighted by Gasteiger charge is 2.64. The van der Waals surface area contributed by atoms with Gasteiger partial charge in [0.1, 0.15) is 18.3 Å². The lowest BCUT2D eigenvalue weighted by molar-refractivity contribution is -0.201. The Bertz CT molecular complexity index is 1340. The molecule has 3 aliphatic carbocycles. The molecule has 0 spiro atoms. The van der Waals surface area contributed by atoms with Crippen LogP contribution in [0.3, 0.4) is 0 Å². The van der Waals surface area contributed by atoms with E-state index in [1.165, 1.54) is 20.8 Å². The number of ketones is 1. The number of esters is 4. The highest BCUT2D eigenvalue weighted by molar-refractivity contribution is 5.97. The van der Waals surface area contributed by atoms with Crippen LogP contribution in [0, 0.1) is 22.7 Å². The first kappa shape index (κ1) is 31.2. The molecule has 9 nitrogen and oxygen atoms in total. The first-order valence-corrected chi connectivity index (χ1v) is 14.3. The van der Waals surface area contributed by atoms with Gasteiger partial charge in [0.2, 0.25) is 0 Å². The molecule has 0 unspecified atom stereocenters. The molecular formula is C33H40O9. The van der Waals surface area contributed by atoms with Crippen LogP contribution >= 0.6 is 0 Å². The van der Waals surface area contributed by atoms with Gasteiger partial charge in [-0.3, -0.25) is 19.2 Å². The zero-order valence-corrected chi connectivity index (χ0v) is 25.4. The summed E-state index contributed by atoms with van der Waals surface area (Å²) in [5, 5.41) is 0. The molecule has 1 aromatic carbocycles. The molecule has 2 fully saturated rings. The van der Waals surface area contributed by atoms with Crippen molar-refractivity contribution >= 4 is 29.7 Å². The maximum Gasteiger partial charge on any atom is 0.338 e. The fourth-order valence-corrected chi connectivity index (χ4v) is 7.51. The van der Waals surface area contributed by atoms with Gasteiger partial charge in [-0.05, 0) is 54.0 Å². The van der Waals surface area contributed by atoms with Gasteiger partial charge in [-0.1, -0.05) is 45.5 Å². The predicted octanol–water partition coefficient (Wildman–Crippen LogP) is 4.92. The molecule has 0 amide bonds. The Morgan fingerprint density at radius 2 is 1.48 bits per heavy atom. The van der Waals surface area contributed by atoms with Crippen molar-refractivity contribution in [3.05, 3.63) is 59.2 Å². The second kappa shape index (κ2) is 11.5. The van der Waals surface area contributed by atoms with Gasteiger partial charge in [0.15, 0.2) is 11.9 Å². The Balaban J connectivity index is 1.93. The van der Waals surface area contributed by atoms with Crippen molar-refractivity contribution < 1.29 is 42.9 Å². The lowest BCUT2D eigenvalue weighted by Crippen LogP contribution is -2.64. The molecule has 3 aliphatic rings. The number of fused-ring (bicyclic) bond motifs is 3. The number of ether oxygens (including phenoxy) is 4. The minimum Gasteiger partial charge on any atom is -0.462 e. The third-order valence-electron chi connectivity index (χ3n) is 9.40. The molecule has 4 rings (SSSR count). The van der Waals surface area contributed by atoms with E-state index in [1.54, 1.807) is 37.3 Å². The van der Waals surface area contributed by atoms with Crippen molar-refractivity contribution in [1.82, 2.24) is 0 Å². The quantitative estimate of drug-likeness (QED) is 0.271. The summed E-state index contributed by atoms with van der Waals surface area (Å²) < 4.78 is 24.0. The molecule has 0 radical (unpaired) electrons. The van der Waals surface area contributed by atoms with Crippen molar-refractivity contribution in [3.8, 4) is 0 Å². The first-order chi connectivity index (χ1) is 19.6. The summed E-state index contributed by atoms with van der Waals surface area (Å²) in [5.74, 6) is -3.69. The number of rotatable bonds is 5. The maximum absolute atomic E-state index is 13.5. The fourth-order valence-electron chi connectivity index (χ4n) is 7.51. The average Bonchev–Trinajstić information content (AvgIpc) is 2.89. The Morgan fingerprint density at radius 1 is 0.881 bits per heavy atom. The highest BCUT2D eigenvalue weighted by Crippen LogP contribution is 2.60. The van der Waals surface area contributed by atoms with Gasteiger partial charge in [-0.25, -0.2) is 4.79 Å². The minimum atomic E-state index is -1.07. The number of benzene rings is 1. The summed E-state index contributed by atoms with van der Waals surface area (Å²) in [4.78, 5) is 64.4. The summed E-state index contributed by atoms with van der Waals surface area (Å²) in [6.45, 7) is 15.6. The van der Waals surface area contributed by atoms with Crippen LogP contribution in [0.25, 0.3) is 0 Å². The van der Waals surface area contributed by atoms with Crippen LogP contribution in [0.15, 0.2) is 53.6 Å². The number of allylic oxidation sites excluding steroid dienone is 1. The highest BCUT2D eigenvalue weighted by atomic mass is 16.6. The summed E-state index contributed by atoms with van der Waals surface area (Å²) in [7, 11) is 0. The van der Waals surface area contributed by atoms with E-state index in [1.807, 2.05) is 20.8 Å². The molecule has 226 valence electrons. The number of hydrogen-bond donors (Lipinski definition) is 0. The fraction of sp³-hybridized carbons (Fsp3) is 0.545. The largest absolute Gasteiger partial charge is 0.462 e. The monoisotopic (exact) mass is 580 g/mol. The Hall–Kier alpha value is -3.75. The third kappa shape index (κ3) is 5.53. The van der Waals surface area contributed by atoms with Gasteiger partial charge in [0.05, 0.1) is 5.56 Å². The SMILES string of the molecule is C=C1[C@@H](OC(=O)c2ccccc2)CC[C@@]2(C)[C@@H](OC(C)=O)[C@H](OC(C)=O)C3=C(C)C(=O)C[C@@H]([C@@H](OC(C)=O)[C@H]12)C3(C)C. The molecule has 0 aromatic heterocycles. The van der Waals surface area contributed by atoms with Crippen LogP contribution in [-0.2, 0) is 38.1 Å². The smallest absolute Gasteiger partial charge is 0.338 e. The Labute approximate surface area is 246 Å². The molecular weight excluding hydrogens is 540 g/mol. The molecule has 7 atom stereocenters. The molecule has 1 aromatic rings. The van der Waals surface area contributed by atoms with Gasteiger partial charge >= 0.3 is 23.9 Å². The minimum absolute atomic E-state index is 0.0830. The summed E-state index contributed by atoms with van der Waals surface area (Å²) in [5.41, 5.74) is 0.0317.